The molecule has 0 aromatic carbocycles. The van der Waals surface area contributed by atoms with Gasteiger partial charge in [0.15, 0.2) is 0 Å². The predicted octanol–water partition coefficient (Wildman–Crippen LogP) is 0.591. The molecule has 1 heterocycles. The van der Waals surface area contributed by atoms with Crippen LogP contribution in [0, 0.1) is 0 Å². The molecule has 0 aromatic rings. The van der Waals surface area contributed by atoms with Gasteiger partial charge in [0.05, 0.1) is 6.42 Å². The monoisotopic (exact) mass is 192 g/mol. The number of amides is 1. The van der Waals surface area contributed by atoms with Gasteiger partial charge in [-0.2, -0.15) is 0 Å². The van der Waals surface area contributed by atoms with Gasteiger partial charge in [-0.3, -0.25) is 4.79 Å². The summed E-state index contributed by atoms with van der Waals surface area (Å²) in [7, 11) is 0. The molecule has 1 saturated heterocycles. The molecular formula is C8H14F2N2O. The lowest BCUT2D eigenvalue weighted by Crippen LogP contribution is -2.34. The maximum absolute atomic E-state index is 12.4. The molecule has 13 heavy (non-hydrogen) atoms. The van der Waals surface area contributed by atoms with Crippen LogP contribution in [0.15, 0.2) is 0 Å². The first-order chi connectivity index (χ1) is 5.88. The van der Waals surface area contributed by atoms with E-state index in [4.69, 9.17) is 5.73 Å². The Morgan fingerprint density at radius 1 is 1.69 bits per heavy atom. The van der Waals surface area contributed by atoms with Crippen LogP contribution >= 0.6 is 0 Å². The number of carbonyl (C=O) groups excluding carboxylic acids is 1. The molecule has 0 saturated carbocycles. The lowest BCUT2D eigenvalue weighted by Gasteiger charge is -2.18. The van der Waals surface area contributed by atoms with E-state index in [9.17, 15) is 13.6 Å². The Morgan fingerprint density at radius 3 is 2.69 bits per heavy atom. The molecular weight excluding hydrogens is 178 g/mol. The van der Waals surface area contributed by atoms with Gasteiger partial charge >= 0.3 is 0 Å². The van der Waals surface area contributed by atoms with E-state index < -0.39 is 18.3 Å². The first kappa shape index (κ1) is 10.4. The molecule has 2 N–H and O–H groups in total. The fourth-order valence-corrected chi connectivity index (χ4v) is 1.39. The second-order valence-corrected chi connectivity index (χ2v) is 3.64. The second kappa shape index (κ2) is 3.57. The minimum Gasteiger partial charge on any atom is -0.341 e. The normalized spacial score (nSPS) is 23.7. The number of hydrogen-bond donors (Lipinski definition) is 1. The summed E-state index contributed by atoms with van der Waals surface area (Å²) in [6, 6.07) is -0.0468. The van der Waals surface area contributed by atoms with E-state index in [1.807, 2.05) is 0 Å². The van der Waals surface area contributed by atoms with Crippen molar-refractivity contribution in [1.82, 2.24) is 4.90 Å². The number of nitrogens with zero attached hydrogens (tertiary/aromatic N) is 1. The largest absolute Gasteiger partial charge is 0.341 e. The predicted molar refractivity (Wildman–Crippen MR) is 44.4 cm³/mol. The number of halogens is 2. The van der Waals surface area contributed by atoms with Crippen LogP contribution in [0.5, 0.6) is 0 Å². The molecule has 3 nitrogen and oxygen atoms in total. The van der Waals surface area contributed by atoms with Crippen molar-refractivity contribution in [3.63, 3.8) is 0 Å². The van der Waals surface area contributed by atoms with E-state index in [1.54, 1.807) is 0 Å². The molecule has 5 heteroatoms. The first-order valence-electron chi connectivity index (χ1n) is 4.30. The van der Waals surface area contributed by atoms with Crippen LogP contribution in [0.3, 0.4) is 0 Å². The smallest absolute Gasteiger partial charge is 0.254 e. The number of rotatable bonds is 2. The molecule has 0 bridgehead atoms. The van der Waals surface area contributed by atoms with Gasteiger partial charge in [-0.15, -0.1) is 0 Å². The summed E-state index contributed by atoms with van der Waals surface area (Å²) < 4.78 is 24.9. The Balaban J connectivity index is 2.41. The quantitative estimate of drug-likeness (QED) is 0.696. The number of alkyl halides is 2. The molecule has 1 fully saturated rings. The number of likely N-dealkylation sites (tertiary alicyclic amines) is 1. The van der Waals surface area contributed by atoms with E-state index in [2.05, 4.69) is 0 Å². The Hall–Kier alpha value is -0.710. The van der Waals surface area contributed by atoms with Gasteiger partial charge in [-0.05, 0) is 13.3 Å². The zero-order chi connectivity index (χ0) is 10.1. The third-order valence-corrected chi connectivity index (χ3v) is 2.04. The highest BCUT2D eigenvalue weighted by atomic mass is 19.3. The average Bonchev–Trinajstić information content (AvgIpc) is 2.31. The molecule has 1 rings (SSSR count). The molecule has 1 aliphatic rings. The Bertz CT molecular complexity index is 203. The van der Waals surface area contributed by atoms with Gasteiger partial charge in [0.1, 0.15) is 0 Å². The van der Waals surface area contributed by atoms with E-state index >= 15 is 0 Å². The summed E-state index contributed by atoms with van der Waals surface area (Å²) in [6.07, 6.45) is 0.000740. The van der Waals surface area contributed by atoms with Gasteiger partial charge in [0, 0.05) is 19.1 Å². The van der Waals surface area contributed by atoms with Gasteiger partial charge in [0.2, 0.25) is 5.91 Å². The minimum atomic E-state index is -2.91. The molecule has 1 amide bonds. The number of hydrogen-bond acceptors (Lipinski definition) is 2. The summed E-state index contributed by atoms with van der Waals surface area (Å²) in [5.74, 6) is -3.41. The molecule has 0 spiro atoms. The van der Waals surface area contributed by atoms with Crippen molar-refractivity contribution in [2.45, 2.75) is 31.7 Å². The van der Waals surface area contributed by atoms with Crippen LogP contribution in [0.25, 0.3) is 0 Å². The van der Waals surface area contributed by atoms with Gasteiger partial charge < -0.3 is 10.6 Å². The van der Waals surface area contributed by atoms with Crippen LogP contribution in [-0.2, 0) is 4.79 Å². The van der Waals surface area contributed by atoms with Crippen molar-refractivity contribution in [3.8, 4) is 0 Å². The van der Waals surface area contributed by atoms with Gasteiger partial charge in [0.25, 0.3) is 5.92 Å². The lowest BCUT2D eigenvalue weighted by molar-refractivity contribution is -0.136. The Morgan fingerprint density at radius 2 is 2.31 bits per heavy atom. The number of carbonyl (C=O) groups is 1. The molecule has 0 aliphatic carbocycles. The molecule has 1 aliphatic heterocycles. The van der Waals surface area contributed by atoms with Crippen molar-refractivity contribution in [1.29, 1.82) is 0 Å². The summed E-state index contributed by atoms with van der Waals surface area (Å²) >= 11 is 0. The molecule has 0 aromatic heterocycles. The number of nitrogens with two attached hydrogens (primary N) is 1. The standard InChI is InChI=1S/C8H14F2N2O/c1-8(9,10)4-7(13)12-3-2-6(11)5-12/h6H,2-5,11H2,1H3/t6-/m1/s1. The highest BCUT2D eigenvalue weighted by Crippen LogP contribution is 2.19. The van der Waals surface area contributed by atoms with Crippen molar-refractivity contribution in [2.75, 3.05) is 13.1 Å². The second-order valence-electron chi connectivity index (χ2n) is 3.64. The summed E-state index contributed by atoms with van der Waals surface area (Å²) in [5.41, 5.74) is 5.55. The fraction of sp³-hybridized carbons (Fsp3) is 0.875. The topological polar surface area (TPSA) is 46.3 Å². The maximum Gasteiger partial charge on any atom is 0.254 e. The highest BCUT2D eigenvalue weighted by molar-refractivity contribution is 5.77. The summed E-state index contributed by atoms with van der Waals surface area (Å²) in [5, 5.41) is 0. The highest BCUT2D eigenvalue weighted by Gasteiger charge is 2.31. The van der Waals surface area contributed by atoms with Gasteiger partial charge in [-0.1, -0.05) is 0 Å². The van der Waals surface area contributed by atoms with E-state index in [0.717, 1.165) is 6.92 Å². The van der Waals surface area contributed by atoms with Gasteiger partial charge in [-0.25, -0.2) is 8.78 Å². The van der Waals surface area contributed by atoms with Crippen molar-refractivity contribution in [2.24, 2.45) is 5.73 Å². The fourth-order valence-electron chi connectivity index (χ4n) is 1.39. The SMILES string of the molecule is CC(F)(F)CC(=O)N1CC[C@@H](N)C1. The molecule has 0 radical (unpaired) electrons. The van der Waals surface area contributed by atoms with Crippen molar-refractivity contribution < 1.29 is 13.6 Å². The van der Waals surface area contributed by atoms with Crippen LogP contribution in [-0.4, -0.2) is 35.9 Å². The van der Waals surface area contributed by atoms with Crippen LogP contribution in [0.2, 0.25) is 0 Å². The third kappa shape index (κ3) is 3.26. The molecule has 0 unspecified atom stereocenters. The van der Waals surface area contributed by atoms with E-state index in [-0.39, 0.29) is 6.04 Å². The summed E-state index contributed by atoms with van der Waals surface area (Å²) in [4.78, 5) is 12.6. The Labute approximate surface area is 75.9 Å². The minimum absolute atomic E-state index is 0.0468. The molecule has 76 valence electrons. The first-order valence-corrected chi connectivity index (χ1v) is 4.30. The van der Waals surface area contributed by atoms with Crippen LogP contribution in [0.1, 0.15) is 19.8 Å². The van der Waals surface area contributed by atoms with Crippen molar-refractivity contribution in [3.05, 3.63) is 0 Å². The third-order valence-electron chi connectivity index (χ3n) is 2.04. The Kier molecular flexibility index (Phi) is 2.85. The summed E-state index contributed by atoms with van der Waals surface area (Å²) in [6.45, 7) is 1.67. The lowest BCUT2D eigenvalue weighted by atomic mass is 10.2. The average molecular weight is 192 g/mol. The molecule has 1 atom stereocenters. The maximum atomic E-state index is 12.4. The van der Waals surface area contributed by atoms with E-state index in [0.29, 0.717) is 19.5 Å². The zero-order valence-corrected chi connectivity index (χ0v) is 7.59. The van der Waals surface area contributed by atoms with E-state index in [1.165, 1.54) is 4.90 Å². The zero-order valence-electron chi connectivity index (χ0n) is 7.59. The van der Waals surface area contributed by atoms with Crippen LogP contribution < -0.4 is 5.73 Å². The van der Waals surface area contributed by atoms with Crippen LogP contribution in [0.4, 0.5) is 8.78 Å². The van der Waals surface area contributed by atoms with Crippen molar-refractivity contribution >= 4 is 5.91 Å².